The van der Waals surface area contributed by atoms with Gasteiger partial charge >= 0.3 is 0 Å². The third-order valence-corrected chi connectivity index (χ3v) is 1.73. The number of rotatable bonds is 3. The molecule has 70 valence electrons. The van der Waals surface area contributed by atoms with Gasteiger partial charge in [-0.3, -0.25) is 0 Å². The molecule has 0 aromatic heterocycles. The molecule has 1 fully saturated rings. The molecular formula is C8H14O4. The van der Waals surface area contributed by atoms with Crippen LogP contribution in [0.15, 0.2) is 12.7 Å². The van der Waals surface area contributed by atoms with Gasteiger partial charge in [-0.1, -0.05) is 6.08 Å². The van der Waals surface area contributed by atoms with Crippen molar-refractivity contribution in [2.45, 2.75) is 24.9 Å². The summed E-state index contributed by atoms with van der Waals surface area (Å²) in [7, 11) is 0. The number of aliphatic hydroxyl groups is 2. The van der Waals surface area contributed by atoms with E-state index < -0.39 is 18.5 Å². The fourth-order valence-electron chi connectivity index (χ4n) is 1.03. The topological polar surface area (TPSA) is 58.9 Å². The van der Waals surface area contributed by atoms with Crippen molar-refractivity contribution >= 4 is 0 Å². The molecular weight excluding hydrogens is 160 g/mol. The number of hydrogen-bond donors (Lipinski definition) is 2. The van der Waals surface area contributed by atoms with Gasteiger partial charge in [-0.15, -0.1) is 6.58 Å². The lowest BCUT2D eigenvalue weighted by atomic mass is 10.1. The Bertz CT molecular complexity index is 148. The maximum absolute atomic E-state index is 9.21. The smallest absolute Gasteiger partial charge is 0.160 e. The van der Waals surface area contributed by atoms with Crippen LogP contribution in [-0.2, 0) is 9.47 Å². The van der Waals surface area contributed by atoms with Crippen LogP contribution >= 0.6 is 0 Å². The van der Waals surface area contributed by atoms with E-state index in [1.807, 2.05) is 0 Å². The molecule has 0 bridgehead atoms. The van der Waals surface area contributed by atoms with Gasteiger partial charge in [0.15, 0.2) is 6.29 Å². The number of hydrogen-bond acceptors (Lipinski definition) is 4. The maximum atomic E-state index is 9.21. The Morgan fingerprint density at radius 2 is 2.25 bits per heavy atom. The van der Waals surface area contributed by atoms with Crippen molar-refractivity contribution in [1.82, 2.24) is 0 Å². The van der Waals surface area contributed by atoms with Crippen molar-refractivity contribution in [2.24, 2.45) is 0 Å². The molecule has 1 rings (SSSR count). The summed E-state index contributed by atoms with van der Waals surface area (Å²) in [5.41, 5.74) is 0. The molecule has 12 heavy (non-hydrogen) atoms. The summed E-state index contributed by atoms with van der Waals surface area (Å²) < 4.78 is 10.2. The Kier molecular flexibility index (Phi) is 3.68. The Hall–Kier alpha value is -0.420. The van der Waals surface area contributed by atoms with E-state index in [4.69, 9.17) is 14.6 Å². The largest absolute Gasteiger partial charge is 0.390 e. The van der Waals surface area contributed by atoms with Gasteiger partial charge in [-0.2, -0.15) is 0 Å². The predicted molar refractivity (Wildman–Crippen MR) is 42.5 cm³/mol. The minimum atomic E-state index is -0.784. The Morgan fingerprint density at radius 1 is 1.50 bits per heavy atom. The lowest BCUT2D eigenvalue weighted by Crippen LogP contribution is -2.42. The second kappa shape index (κ2) is 4.57. The lowest BCUT2D eigenvalue weighted by Gasteiger charge is -2.29. The van der Waals surface area contributed by atoms with Crippen molar-refractivity contribution in [1.29, 1.82) is 0 Å². The van der Waals surface area contributed by atoms with Crippen LogP contribution in [0.2, 0.25) is 0 Å². The summed E-state index contributed by atoms with van der Waals surface area (Å²) in [6.07, 6.45) is -0.0148. The Balaban J connectivity index is 2.25. The standard InChI is InChI=1S/C8H14O4/c1-2-3-11-8-4-6(9)7(10)5-12-8/h2,6-10H,1,3-5H2/t6-,7+,8-/m0/s1. The normalized spacial score (nSPS) is 36.3. The van der Waals surface area contributed by atoms with E-state index in [2.05, 4.69) is 6.58 Å². The fraction of sp³-hybridized carbons (Fsp3) is 0.750. The van der Waals surface area contributed by atoms with Crippen LogP contribution in [0.4, 0.5) is 0 Å². The molecule has 0 amide bonds. The Labute approximate surface area is 71.4 Å². The van der Waals surface area contributed by atoms with Crippen molar-refractivity contribution in [3.8, 4) is 0 Å². The van der Waals surface area contributed by atoms with Gasteiger partial charge in [0, 0.05) is 6.42 Å². The van der Waals surface area contributed by atoms with E-state index in [0.29, 0.717) is 13.0 Å². The average molecular weight is 174 g/mol. The molecule has 0 aromatic carbocycles. The third-order valence-electron chi connectivity index (χ3n) is 1.73. The molecule has 1 saturated heterocycles. The molecule has 1 heterocycles. The molecule has 4 heteroatoms. The summed E-state index contributed by atoms with van der Waals surface area (Å²) >= 11 is 0. The highest BCUT2D eigenvalue weighted by molar-refractivity contribution is 4.74. The van der Waals surface area contributed by atoms with Crippen molar-refractivity contribution in [3.63, 3.8) is 0 Å². The third kappa shape index (κ3) is 2.57. The van der Waals surface area contributed by atoms with Crippen LogP contribution in [0.5, 0.6) is 0 Å². The highest BCUT2D eigenvalue weighted by atomic mass is 16.7. The molecule has 3 atom stereocenters. The van der Waals surface area contributed by atoms with E-state index in [0.717, 1.165) is 0 Å². The van der Waals surface area contributed by atoms with Crippen molar-refractivity contribution < 1.29 is 19.7 Å². The summed E-state index contributed by atoms with van der Waals surface area (Å²) in [6, 6.07) is 0. The van der Waals surface area contributed by atoms with Gasteiger partial charge in [0.05, 0.1) is 19.3 Å². The second-order valence-corrected chi connectivity index (χ2v) is 2.76. The first-order chi connectivity index (χ1) is 5.74. The Morgan fingerprint density at radius 3 is 2.83 bits per heavy atom. The van der Waals surface area contributed by atoms with Crippen molar-refractivity contribution in [2.75, 3.05) is 13.2 Å². The van der Waals surface area contributed by atoms with E-state index in [9.17, 15) is 5.11 Å². The van der Waals surface area contributed by atoms with Crippen molar-refractivity contribution in [3.05, 3.63) is 12.7 Å². The van der Waals surface area contributed by atoms with E-state index in [1.165, 1.54) is 0 Å². The molecule has 2 N–H and O–H groups in total. The summed E-state index contributed by atoms with van der Waals surface area (Å²) in [5.74, 6) is 0. The zero-order valence-corrected chi connectivity index (χ0v) is 6.85. The van der Waals surface area contributed by atoms with Crippen LogP contribution < -0.4 is 0 Å². The molecule has 1 aliphatic rings. The minimum absolute atomic E-state index is 0.128. The first-order valence-corrected chi connectivity index (χ1v) is 3.94. The maximum Gasteiger partial charge on any atom is 0.160 e. The first-order valence-electron chi connectivity index (χ1n) is 3.94. The zero-order valence-electron chi connectivity index (χ0n) is 6.85. The van der Waals surface area contributed by atoms with Gasteiger partial charge < -0.3 is 19.7 Å². The highest BCUT2D eigenvalue weighted by Crippen LogP contribution is 2.14. The quantitative estimate of drug-likeness (QED) is 0.574. The van der Waals surface area contributed by atoms with Crippen LogP contribution in [0.3, 0.4) is 0 Å². The van der Waals surface area contributed by atoms with Gasteiger partial charge in [0.25, 0.3) is 0 Å². The van der Waals surface area contributed by atoms with Gasteiger partial charge in [0.1, 0.15) is 6.10 Å². The molecule has 1 aliphatic heterocycles. The van der Waals surface area contributed by atoms with Gasteiger partial charge in [-0.25, -0.2) is 0 Å². The summed E-state index contributed by atoms with van der Waals surface area (Å²) in [6.45, 7) is 4.01. The van der Waals surface area contributed by atoms with Crippen LogP contribution in [0, 0.1) is 0 Å². The zero-order chi connectivity index (χ0) is 8.97. The molecule has 0 saturated carbocycles. The molecule has 0 radical (unpaired) electrons. The second-order valence-electron chi connectivity index (χ2n) is 2.76. The van der Waals surface area contributed by atoms with Gasteiger partial charge in [-0.05, 0) is 0 Å². The van der Waals surface area contributed by atoms with Crippen LogP contribution in [0.25, 0.3) is 0 Å². The predicted octanol–water partition coefficient (Wildman–Crippen LogP) is -0.343. The lowest BCUT2D eigenvalue weighted by molar-refractivity contribution is -0.212. The van der Waals surface area contributed by atoms with Crippen LogP contribution in [0.1, 0.15) is 6.42 Å². The number of aliphatic hydroxyl groups excluding tert-OH is 2. The average Bonchev–Trinajstić information content (AvgIpc) is 2.07. The van der Waals surface area contributed by atoms with E-state index >= 15 is 0 Å². The molecule has 0 unspecified atom stereocenters. The fourth-order valence-corrected chi connectivity index (χ4v) is 1.03. The molecule has 0 aromatic rings. The van der Waals surface area contributed by atoms with Gasteiger partial charge in [0.2, 0.25) is 0 Å². The first kappa shape index (κ1) is 9.67. The van der Waals surface area contributed by atoms with Crippen LogP contribution in [-0.4, -0.2) is 41.9 Å². The van der Waals surface area contributed by atoms with E-state index in [1.54, 1.807) is 6.08 Å². The molecule has 0 aliphatic carbocycles. The summed E-state index contributed by atoms with van der Waals surface area (Å²) in [4.78, 5) is 0. The monoisotopic (exact) mass is 174 g/mol. The minimum Gasteiger partial charge on any atom is -0.390 e. The SMILES string of the molecule is C=CCO[C@@H]1C[C@H](O)[C@H](O)CO1. The summed E-state index contributed by atoms with van der Waals surface area (Å²) in [5, 5.41) is 18.3. The highest BCUT2D eigenvalue weighted by Gasteiger charge is 2.28. The van der Waals surface area contributed by atoms with E-state index in [-0.39, 0.29) is 6.61 Å². The molecule has 0 spiro atoms. The molecule has 4 nitrogen and oxygen atoms in total. The number of ether oxygens (including phenoxy) is 2.